The van der Waals surface area contributed by atoms with E-state index in [0.29, 0.717) is 29.3 Å². The van der Waals surface area contributed by atoms with E-state index in [2.05, 4.69) is 79.7 Å². The molecular formula is C23H25N7O. The summed E-state index contributed by atoms with van der Waals surface area (Å²) in [5, 5.41) is 10.5. The predicted octanol–water partition coefficient (Wildman–Crippen LogP) is 2.93. The lowest BCUT2D eigenvalue weighted by atomic mass is 10.0. The lowest BCUT2D eigenvalue weighted by molar-refractivity contribution is 0.309. The van der Waals surface area contributed by atoms with Gasteiger partial charge in [-0.1, -0.05) is 35.5 Å². The fourth-order valence-electron chi connectivity index (χ4n) is 3.87. The van der Waals surface area contributed by atoms with Gasteiger partial charge in [-0.3, -0.25) is 0 Å². The molecular weight excluding hydrogens is 390 g/mol. The minimum absolute atomic E-state index is 0.364. The Morgan fingerprint density at radius 1 is 1.00 bits per heavy atom. The fourth-order valence-corrected chi connectivity index (χ4v) is 3.87. The van der Waals surface area contributed by atoms with E-state index in [-0.39, 0.29) is 0 Å². The number of ether oxygens (including phenoxy) is 1. The Morgan fingerprint density at radius 3 is 2.61 bits per heavy atom. The van der Waals surface area contributed by atoms with Gasteiger partial charge in [0, 0.05) is 37.9 Å². The van der Waals surface area contributed by atoms with E-state index in [1.165, 1.54) is 11.3 Å². The largest absolute Gasteiger partial charge is 0.486 e. The summed E-state index contributed by atoms with van der Waals surface area (Å²) < 4.78 is 5.99. The van der Waals surface area contributed by atoms with Crippen molar-refractivity contribution in [3.05, 3.63) is 60.2 Å². The zero-order valence-electron chi connectivity index (χ0n) is 17.5. The molecule has 3 heterocycles. The number of nitrogen functional groups attached to an aromatic ring is 1. The number of hydrogen-bond donors (Lipinski definition) is 2. The van der Waals surface area contributed by atoms with Crippen molar-refractivity contribution in [2.75, 3.05) is 43.9 Å². The molecule has 0 spiro atoms. The molecule has 3 N–H and O–H groups in total. The highest BCUT2D eigenvalue weighted by atomic mass is 16.5. The van der Waals surface area contributed by atoms with Gasteiger partial charge in [0.25, 0.3) is 0 Å². The number of nitrogens with zero attached hydrogens (tertiary/aromatic N) is 5. The summed E-state index contributed by atoms with van der Waals surface area (Å²) >= 11 is 0. The van der Waals surface area contributed by atoms with Gasteiger partial charge in [0.05, 0.1) is 0 Å². The smallest absolute Gasteiger partial charge is 0.181 e. The summed E-state index contributed by atoms with van der Waals surface area (Å²) in [6.07, 6.45) is 0. The number of aromatic amines is 1. The van der Waals surface area contributed by atoms with Gasteiger partial charge >= 0.3 is 0 Å². The van der Waals surface area contributed by atoms with Crippen molar-refractivity contribution in [3.63, 3.8) is 0 Å². The third-order valence-corrected chi connectivity index (χ3v) is 5.67. The van der Waals surface area contributed by atoms with E-state index < -0.39 is 0 Å². The molecule has 2 aromatic heterocycles. The molecule has 1 fully saturated rings. The Morgan fingerprint density at radius 2 is 1.81 bits per heavy atom. The standard InChI is InChI=1S/C23H25N7O/c1-29-9-11-30(12-10-29)19-7-5-17(6-8-19)18-4-2-3-16(13-18)15-31-20-14-21(24)25-23-22(20)26-28-27-23/h2-8,13-14H,9-12,15H2,1H3,(H3,24,25,26,27,28). The van der Waals surface area contributed by atoms with Crippen molar-refractivity contribution in [3.8, 4) is 16.9 Å². The highest BCUT2D eigenvalue weighted by Crippen LogP contribution is 2.27. The lowest BCUT2D eigenvalue weighted by Gasteiger charge is -2.34. The molecule has 0 amide bonds. The first-order valence-corrected chi connectivity index (χ1v) is 10.4. The van der Waals surface area contributed by atoms with Crippen LogP contribution in [0.25, 0.3) is 22.3 Å². The number of H-pyrrole nitrogens is 1. The number of rotatable bonds is 5. The van der Waals surface area contributed by atoms with Crippen LogP contribution in [-0.2, 0) is 6.61 Å². The van der Waals surface area contributed by atoms with Gasteiger partial charge in [0.15, 0.2) is 16.9 Å². The van der Waals surface area contributed by atoms with E-state index in [1.54, 1.807) is 6.07 Å². The number of aromatic nitrogens is 4. The number of nitrogens with two attached hydrogens (primary N) is 1. The molecule has 4 aromatic rings. The lowest BCUT2D eigenvalue weighted by Crippen LogP contribution is -2.44. The first-order chi connectivity index (χ1) is 15.2. The molecule has 0 aliphatic carbocycles. The first kappa shape index (κ1) is 19.3. The molecule has 0 atom stereocenters. The minimum atomic E-state index is 0.364. The van der Waals surface area contributed by atoms with Crippen LogP contribution in [0.4, 0.5) is 11.5 Å². The van der Waals surface area contributed by atoms with Crippen LogP contribution in [-0.4, -0.2) is 58.5 Å². The number of likely N-dealkylation sites (N-methyl/N-ethyl adjacent to an activating group) is 1. The van der Waals surface area contributed by atoms with Gasteiger partial charge in [-0.05, 0) is 41.9 Å². The van der Waals surface area contributed by atoms with Crippen molar-refractivity contribution in [1.29, 1.82) is 0 Å². The SMILES string of the molecule is CN1CCN(c2ccc(-c3cccc(COc4cc(N)nc5[nH]nnc45)c3)cc2)CC1. The number of piperazine rings is 1. The first-order valence-electron chi connectivity index (χ1n) is 10.4. The van der Waals surface area contributed by atoms with E-state index in [9.17, 15) is 0 Å². The summed E-state index contributed by atoms with van der Waals surface area (Å²) in [4.78, 5) is 8.97. The van der Waals surface area contributed by atoms with Crippen LogP contribution in [0.1, 0.15) is 5.56 Å². The summed E-state index contributed by atoms with van der Waals surface area (Å²) in [7, 11) is 2.18. The Hall–Kier alpha value is -3.65. The average Bonchev–Trinajstić information content (AvgIpc) is 3.27. The van der Waals surface area contributed by atoms with Gasteiger partial charge in [-0.15, -0.1) is 5.10 Å². The normalized spacial score (nSPS) is 14.8. The molecule has 0 radical (unpaired) electrons. The van der Waals surface area contributed by atoms with E-state index >= 15 is 0 Å². The number of nitrogens with one attached hydrogen (secondary N) is 1. The molecule has 0 unspecified atom stereocenters. The van der Waals surface area contributed by atoms with Crippen LogP contribution in [0.15, 0.2) is 54.6 Å². The molecule has 2 aromatic carbocycles. The van der Waals surface area contributed by atoms with Crippen molar-refractivity contribution >= 4 is 22.7 Å². The second-order valence-electron chi connectivity index (χ2n) is 7.88. The number of fused-ring (bicyclic) bond motifs is 1. The van der Waals surface area contributed by atoms with Crippen LogP contribution in [0.5, 0.6) is 5.75 Å². The maximum atomic E-state index is 5.99. The van der Waals surface area contributed by atoms with Crippen LogP contribution in [0.2, 0.25) is 0 Å². The maximum absolute atomic E-state index is 5.99. The summed E-state index contributed by atoms with van der Waals surface area (Å²) in [6.45, 7) is 4.75. The van der Waals surface area contributed by atoms with Gasteiger partial charge in [-0.2, -0.15) is 0 Å². The van der Waals surface area contributed by atoms with Crippen molar-refractivity contribution < 1.29 is 4.74 Å². The second kappa shape index (κ2) is 8.23. The molecule has 1 saturated heterocycles. The molecule has 1 aliphatic heterocycles. The van der Waals surface area contributed by atoms with E-state index in [1.807, 2.05) is 6.07 Å². The maximum Gasteiger partial charge on any atom is 0.181 e. The highest BCUT2D eigenvalue weighted by molar-refractivity contribution is 5.79. The number of anilines is 2. The fraction of sp³-hybridized carbons (Fsp3) is 0.261. The minimum Gasteiger partial charge on any atom is -0.486 e. The van der Waals surface area contributed by atoms with Crippen molar-refractivity contribution in [1.82, 2.24) is 25.3 Å². The van der Waals surface area contributed by atoms with Crippen LogP contribution >= 0.6 is 0 Å². The van der Waals surface area contributed by atoms with Gasteiger partial charge in [0.1, 0.15) is 12.4 Å². The Kier molecular flexibility index (Phi) is 5.13. The summed E-state index contributed by atoms with van der Waals surface area (Å²) in [5.74, 6) is 0.931. The molecule has 1 aliphatic rings. The van der Waals surface area contributed by atoms with Gasteiger partial charge in [0.2, 0.25) is 0 Å². The summed E-state index contributed by atoms with van der Waals surface area (Å²) in [5.41, 5.74) is 11.6. The Balaban J connectivity index is 1.30. The number of benzene rings is 2. The molecule has 8 heteroatoms. The predicted molar refractivity (Wildman–Crippen MR) is 122 cm³/mol. The van der Waals surface area contributed by atoms with E-state index in [4.69, 9.17) is 10.5 Å². The number of pyridine rings is 1. The average molecular weight is 416 g/mol. The quantitative estimate of drug-likeness (QED) is 0.517. The molecule has 5 rings (SSSR count). The monoisotopic (exact) mass is 415 g/mol. The highest BCUT2D eigenvalue weighted by Gasteiger charge is 2.14. The molecule has 8 nitrogen and oxygen atoms in total. The second-order valence-corrected chi connectivity index (χ2v) is 7.88. The zero-order valence-corrected chi connectivity index (χ0v) is 17.5. The zero-order chi connectivity index (χ0) is 21.2. The molecule has 0 saturated carbocycles. The van der Waals surface area contributed by atoms with Crippen LogP contribution in [0, 0.1) is 0 Å². The Labute approximate surface area is 180 Å². The van der Waals surface area contributed by atoms with Crippen LogP contribution in [0.3, 0.4) is 0 Å². The Bertz CT molecular complexity index is 1180. The topological polar surface area (TPSA) is 96.2 Å². The van der Waals surface area contributed by atoms with Gasteiger partial charge < -0.3 is 20.3 Å². The third-order valence-electron chi connectivity index (χ3n) is 5.67. The molecule has 158 valence electrons. The number of hydrogen-bond acceptors (Lipinski definition) is 7. The van der Waals surface area contributed by atoms with Crippen molar-refractivity contribution in [2.45, 2.75) is 6.61 Å². The summed E-state index contributed by atoms with van der Waals surface area (Å²) in [6, 6.07) is 18.8. The van der Waals surface area contributed by atoms with Crippen molar-refractivity contribution in [2.24, 2.45) is 0 Å². The van der Waals surface area contributed by atoms with Gasteiger partial charge in [-0.25, -0.2) is 10.1 Å². The van der Waals surface area contributed by atoms with Crippen LogP contribution < -0.4 is 15.4 Å². The van der Waals surface area contributed by atoms with E-state index in [0.717, 1.165) is 37.3 Å². The molecule has 0 bridgehead atoms. The third kappa shape index (κ3) is 4.15. The molecule has 31 heavy (non-hydrogen) atoms.